The zero-order chi connectivity index (χ0) is 8.91. The molecule has 0 atom stereocenters. The van der Waals surface area contributed by atoms with E-state index >= 15 is 0 Å². The third kappa shape index (κ3) is 2.86. The van der Waals surface area contributed by atoms with E-state index in [2.05, 4.69) is 0 Å². The molecule has 0 aromatic carbocycles. The molecule has 2 N–H and O–H groups in total. The predicted molar refractivity (Wildman–Crippen MR) is 39.0 cm³/mol. The Kier molecular flexibility index (Phi) is 4.07. The molecule has 0 heterocycles. The summed E-state index contributed by atoms with van der Waals surface area (Å²) in [7, 11) is 0. The number of carbonyl (C=O) groups is 1. The van der Waals surface area contributed by atoms with Gasteiger partial charge in [0.15, 0.2) is 5.60 Å². The molecule has 4 nitrogen and oxygen atoms in total. The van der Waals surface area contributed by atoms with E-state index in [9.17, 15) is 4.79 Å². The summed E-state index contributed by atoms with van der Waals surface area (Å²) in [5, 5.41) is 17.6. The van der Waals surface area contributed by atoms with Crippen LogP contribution in [0.15, 0.2) is 0 Å². The van der Waals surface area contributed by atoms with Gasteiger partial charge < -0.3 is 14.9 Å². The lowest BCUT2D eigenvalue weighted by molar-refractivity contribution is -0.167. The molecule has 0 amide bonds. The molecule has 0 aromatic rings. The van der Waals surface area contributed by atoms with Crippen LogP contribution in [0.1, 0.15) is 20.3 Å². The summed E-state index contributed by atoms with van der Waals surface area (Å²) >= 11 is 0. The summed E-state index contributed by atoms with van der Waals surface area (Å²) < 4.78 is 4.75. The molecule has 0 rings (SSSR count). The van der Waals surface area contributed by atoms with E-state index < -0.39 is 11.6 Å². The maximum Gasteiger partial charge on any atom is 0.303 e. The number of esters is 1. The van der Waals surface area contributed by atoms with Crippen LogP contribution in [0, 0.1) is 0 Å². The summed E-state index contributed by atoms with van der Waals surface area (Å²) in [4.78, 5) is 10.5. The second-order valence-corrected chi connectivity index (χ2v) is 2.45. The van der Waals surface area contributed by atoms with Crippen LogP contribution in [-0.2, 0) is 9.53 Å². The Morgan fingerprint density at radius 2 is 1.91 bits per heavy atom. The van der Waals surface area contributed by atoms with E-state index in [0.717, 1.165) is 0 Å². The Morgan fingerprint density at radius 1 is 1.45 bits per heavy atom. The van der Waals surface area contributed by atoms with Crippen molar-refractivity contribution in [2.75, 3.05) is 13.2 Å². The van der Waals surface area contributed by atoms with Crippen molar-refractivity contribution in [2.24, 2.45) is 0 Å². The fraction of sp³-hybridized carbons (Fsp3) is 0.857. The zero-order valence-electron chi connectivity index (χ0n) is 6.83. The van der Waals surface area contributed by atoms with Crippen LogP contribution in [0.3, 0.4) is 0 Å². The quantitative estimate of drug-likeness (QED) is 0.556. The average Bonchev–Trinajstić information content (AvgIpc) is 2.00. The first-order valence-corrected chi connectivity index (χ1v) is 3.51. The minimum atomic E-state index is -1.09. The normalized spacial score (nSPS) is 11.3. The molecule has 0 aliphatic heterocycles. The van der Waals surface area contributed by atoms with Crippen molar-refractivity contribution in [3.8, 4) is 0 Å². The van der Waals surface area contributed by atoms with Crippen LogP contribution in [0.25, 0.3) is 0 Å². The van der Waals surface area contributed by atoms with E-state index in [1.807, 2.05) is 0 Å². The van der Waals surface area contributed by atoms with Gasteiger partial charge in [-0.3, -0.25) is 4.79 Å². The average molecular weight is 162 g/mol. The van der Waals surface area contributed by atoms with Gasteiger partial charge in [-0.15, -0.1) is 0 Å². The van der Waals surface area contributed by atoms with Gasteiger partial charge in [0.1, 0.15) is 0 Å². The first-order valence-electron chi connectivity index (χ1n) is 3.51. The van der Waals surface area contributed by atoms with Gasteiger partial charge in [-0.05, 0) is 6.42 Å². The van der Waals surface area contributed by atoms with E-state index in [-0.39, 0.29) is 13.2 Å². The molecule has 0 spiro atoms. The molecule has 0 aliphatic rings. The number of hydrogen-bond acceptors (Lipinski definition) is 4. The van der Waals surface area contributed by atoms with Crippen molar-refractivity contribution in [3.63, 3.8) is 0 Å². The third-order valence-electron chi connectivity index (χ3n) is 1.58. The third-order valence-corrected chi connectivity index (χ3v) is 1.58. The predicted octanol–water partition coefficient (Wildman–Crippen LogP) is -0.317. The largest absolute Gasteiger partial charge is 0.454 e. The first kappa shape index (κ1) is 10.4. The SMILES string of the molecule is CCC(CO)(CO)OC(C)=O. The van der Waals surface area contributed by atoms with Gasteiger partial charge in [-0.2, -0.15) is 0 Å². The molecule has 0 radical (unpaired) electrons. The lowest BCUT2D eigenvalue weighted by Crippen LogP contribution is -2.41. The topological polar surface area (TPSA) is 66.8 Å². The fourth-order valence-electron chi connectivity index (χ4n) is 0.715. The Morgan fingerprint density at radius 3 is 2.00 bits per heavy atom. The Bertz CT molecular complexity index is 120. The van der Waals surface area contributed by atoms with Crippen LogP contribution in [0.4, 0.5) is 0 Å². The second-order valence-electron chi connectivity index (χ2n) is 2.45. The molecule has 11 heavy (non-hydrogen) atoms. The maximum absolute atomic E-state index is 10.5. The highest BCUT2D eigenvalue weighted by Crippen LogP contribution is 2.14. The smallest absolute Gasteiger partial charge is 0.303 e. The van der Waals surface area contributed by atoms with Crippen molar-refractivity contribution < 1.29 is 19.7 Å². The van der Waals surface area contributed by atoms with Crippen LogP contribution >= 0.6 is 0 Å². The molecule has 66 valence electrons. The van der Waals surface area contributed by atoms with E-state index in [0.29, 0.717) is 6.42 Å². The van der Waals surface area contributed by atoms with Crippen LogP contribution in [-0.4, -0.2) is 35.0 Å². The van der Waals surface area contributed by atoms with Crippen molar-refractivity contribution >= 4 is 5.97 Å². The molecule has 0 aromatic heterocycles. The lowest BCUT2D eigenvalue weighted by Gasteiger charge is -2.27. The summed E-state index contributed by atoms with van der Waals surface area (Å²) in [5.41, 5.74) is -1.09. The number of carbonyl (C=O) groups excluding carboxylic acids is 1. The summed E-state index contributed by atoms with van der Waals surface area (Å²) in [6.45, 7) is 2.28. The monoisotopic (exact) mass is 162 g/mol. The number of ether oxygens (including phenoxy) is 1. The number of aliphatic hydroxyl groups is 2. The van der Waals surface area contributed by atoms with E-state index in [1.165, 1.54) is 6.92 Å². The Balaban J connectivity index is 4.16. The number of aliphatic hydroxyl groups excluding tert-OH is 2. The molecule has 0 aliphatic carbocycles. The molecule has 0 saturated heterocycles. The molecule has 0 saturated carbocycles. The zero-order valence-corrected chi connectivity index (χ0v) is 6.83. The molecular weight excluding hydrogens is 148 g/mol. The fourth-order valence-corrected chi connectivity index (χ4v) is 0.715. The standard InChI is InChI=1S/C7H14O4/c1-3-7(4-8,5-9)11-6(2)10/h8-9H,3-5H2,1-2H3. The second kappa shape index (κ2) is 4.31. The number of rotatable bonds is 4. The summed E-state index contributed by atoms with van der Waals surface area (Å²) in [5.74, 6) is -0.491. The van der Waals surface area contributed by atoms with Gasteiger partial charge in [0.05, 0.1) is 13.2 Å². The summed E-state index contributed by atoms with van der Waals surface area (Å²) in [6.07, 6.45) is 0.402. The number of hydrogen-bond donors (Lipinski definition) is 2. The highest BCUT2D eigenvalue weighted by molar-refractivity contribution is 5.66. The van der Waals surface area contributed by atoms with E-state index in [4.69, 9.17) is 14.9 Å². The molecule has 0 bridgehead atoms. The van der Waals surface area contributed by atoms with Crippen molar-refractivity contribution in [2.45, 2.75) is 25.9 Å². The molecule has 0 unspecified atom stereocenters. The van der Waals surface area contributed by atoms with Crippen molar-refractivity contribution in [1.82, 2.24) is 0 Å². The van der Waals surface area contributed by atoms with Gasteiger partial charge in [0, 0.05) is 6.92 Å². The first-order chi connectivity index (χ1) is 5.10. The highest BCUT2D eigenvalue weighted by atomic mass is 16.6. The highest BCUT2D eigenvalue weighted by Gasteiger charge is 2.29. The van der Waals surface area contributed by atoms with Crippen LogP contribution in [0.5, 0.6) is 0 Å². The Hall–Kier alpha value is -0.610. The Labute approximate surface area is 65.8 Å². The lowest BCUT2D eigenvalue weighted by atomic mass is 10.0. The minimum absolute atomic E-state index is 0.348. The van der Waals surface area contributed by atoms with Gasteiger partial charge in [0.25, 0.3) is 0 Å². The van der Waals surface area contributed by atoms with Crippen molar-refractivity contribution in [1.29, 1.82) is 0 Å². The maximum atomic E-state index is 10.5. The molecule has 0 fully saturated rings. The minimum Gasteiger partial charge on any atom is -0.454 e. The van der Waals surface area contributed by atoms with Gasteiger partial charge in [0.2, 0.25) is 0 Å². The van der Waals surface area contributed by atoms with Gasteiger partial charge in [-0.1, -0.05) is 6.92 Å². The van der Waals surface area contributed by atoms with Crippen LogP contribution < -0.4 is 0 Å². The van der Waals surface area contributed by atoms with E-state index in [1.54, 1.807) is 6.92 Å². The molecular formula is C7H14O4. The summed E-state index contributed by atoms with van der Waals surface area (Å²) in [6, 6.07) is 0. The molecule has 4 heteroatoms. The van der Waals surface area contributed by atoms with Crippen LogP contribution in [0.2, 0.25) is 0 Å². The van der Waals surface area contributed by atoms with Gasteiger partial charge >= 0.3 is 5.97 Å². The van der Waals surface area contributed by atoms with Crippen molar-refractivity contribution in [3.05, 3.63) is 0 Å². The van der Waals surface area contributed by atoms with Gasteiger partial charge in [-0.25, -0.2) is 0 Å².